The van der Waals surface area contributed by atoms with E-state index in [0.717, 1.165) is 29.5 Å². The smallest absolute Gasteiger partial charge is 0.239 e. The van der Waals surface area contributed by atoms with E-state index in [2.05, 4.69) is 36.8 Å². The summed E-state index contributed by atoms with van der Waals surface area (Å²) in [5.41, 5.74) is 1.65. The van der Waals surface area contributed by atoms with Crippen molar-refractivity contribution in [2.75, 3.05) is 24.7 Å². The third-order valence-electron chi connectivity index (χ3n) is 4.66. The van der Waals surface area contributed by atoms with Crippen LogP contribution < -0.4 is 14.2 Å². The number of thiazole rings is 1. The molecule has 3 aromatic heterocycles. The van der Waals surface area contributed by atoms with Crippen LogP contribution in [0.1, 0.15) is 18.4 Å². The maximum Gasteiger partial charge on any atom is 0.239 e. The number of halogens is 1. The molecule has 0 spiro atoms. The molecule has 0 saturated heterocycles. The first-order valence-electron chi connectivity index (χ1n) is 10.1. The highest BCUT2D eigenvalue weighted by Crippen LogP contribution is 2.38. The van der Waals surface area contributed by atoms with Crippen LogP contribution >= 0.6 is 23.3 Å². The molecule has 33 heavy (non-hydrogen) atoms. The van der Waals surface area contributed by atoms with Crippen LogP contribution in [0.25, 0.3) is 16.5 Å². The molecule has 0 radical (unpaired) electrons. The third kappa shape index (κ3) is 5.06. The summed E-state index contributed by atoms with van der Waals surface area (Å²) in [7, 11) is 3.21. The quantitative estimate of drug-likeness (QED) is 0.260. The topological polar surface area (TPSA) is 99.9 Å². The van der Waals surface area contributed by atoms with Crippen LogP contribution in [-0.2, 0) is 12.8 Å². The van der Waals surface area contributed by atoms with Crippen molar-refractivity contribution in [1.82, 2.24) is 29.7 Å². The number of anilines is 1. The second-order valence-corrected chi connectivity index (χ2v) is 8.47. The van der Waals surface area contributed by atoms with Gasteiger partial charge >= 0.3 is 0 Å². The van der Waals surface area contributed by atoms with Crippen LogP contribution in [-0.4, -0.2) is 49.7 Å². The predicted molar refractivity (Wildman–Crippen MR) is 127 cm³/mol. The van der Waals surface area contributed by atoms with E-state index < -0.39 is 5.82 Å². The molecule has 1 N–H and O–H groups in total. The molecule has 0 unspecified atom stereocenters. The number of ether oxygens (including phenoxy) is 2. The lowest BCUT2D eigenvalue weighted by atomic mass is 10.2. The van der Waals surface area contributed by atoms with Gasteiger partial charge in [-0.3, -0.25) is 9.29 Å². The molecule has 0 aliphatic heterocycles. The zero-order chi connectivity index (χ0) is 23.2. The number of aromatic nitrogens is 6. The molecular weight excluding hydrogens is 465 g/mol. The summed E-state index contributed by atoms with van der Waals surface area (Å²) >= 11 is 2.92. The Bertz CT molecular complexity index is 1190. The molecule has 172 valence electrons. The van der Waals surface area contributed by atoms with Gasteiger partial charge in [-0.1, -0.05) is 13.0 Å². The molecule has 0 fully saturated rings. The number of nitrogens with one attached hydrogen (secondary N) is 1. The van der Waals surface area contributed by atoms with Gasteiger partial charge in [-0.05, 0) is 30.5 Å². The van der Waals surface area contributed by atoms with Gasteiger partial charge in [0.2, 0.25) is 5.95 Å². The summed E-state index contributed by atoms with van der Waals surface area (Å²) in [5, 5.41) is 11.5. The Hall–Kier alpha value is -3.25. The highest BCUT2D eigenvalue weighted by Gasteiger charge is 2.24. The lowest BCUT2D eigenvalue weighted by Gasteiger charge is -2.16. The first-order chi connectivity index (χ1) is 16.1. The number of nitrogens with zero attached hydrogens (tertiary/aromatic N) is 6. The zero-order valence-corrected chi connectivity index (χ0v) is 19.9. The van der Waals surface area contributed by atoms with Crippen LogP contribution in [0.2, 0.25) is 0 Å². The lowest BCUT2D eigenvalue weighted by Crippen LogP contribution is -2.07. The van der Waals surface area contributed by atoms with Crippen LogP contribution in [0.4, 0.5) is 10.3 Å². The molecule has 1 aromatic carbocycles. The molecule has 0 bridgehead atoms. The molecule has 4 rings (SSSR count). The number of rotatable bonds is 10. The van der Waals surface area contributed by atoms with Gasteiger partial charge in [-0.15, -0.1) is 21.5 Å². The number of para-hydroxylation sites is 1. The molecule has 0 aliphatic carbocycles. The molecule has 4 aromatic rings. The van der Waals surface area contributed by atoms with E-state index in [1.807, 2.05) is 28.1 Å². The summed E-state index contributed by atoms with van der Waals surface area (Å²) in [6, 6.07) is 5.56. The summed E-state index contributed by atoms with van der Waals surface area (Å²) < 4.78 is 29.3. The minimum Gasteiger partial charge on any atom is -0.494 e. The average Bonchev–Trinajstić information content (AvgIpc) is 3.49. The van der Waals surface area contributed by atoms with Crippen molar-refractivity contribution >= 4 is 29.2 Å². The largest absolute Gasteiger partial charge is 0.494 e. The summed E-state index contributed by atoms with van der Waals surface area (Å²) in [6.45, 7) is 2.06. The van der Waals surface area contributed by atoms with E-state index in [9.17, 15) is 4.39 Å². The van der Waals surface area contributed by atoms with Gasteiger partial charge in [0.25, 0.3) is 0 Å². The zero-order valence-electron chi connectivity index (χ0n) is 18.3. The average molecular weight is 488 g/mol. The second kappa shape index (κ2) is 10.6. The molecule has 9 nitrogen and oxygen atoms in total. The fraction of sp³-hybridized carbons (Fsp3) is 0.286. The predicted octanol–water partition coefficient (Wildman–Crippen LogP) is 4.20. The summed E-state index contributed by atoms with van der Waals surface area (Å²) in [6.07, 6.45) is 3.71. The van der Waals surface area contributed by atoms with Crippen molar-refractivity contribution in [3.8, 4) is 28.0 Å². The van der Waals surface area contributed by atoms with Gasteiger partial charge in [0.1, 0.15) is 23.0 Å². The summed E-state index contributed by atoms with van der Waals surface area (Å²) in [4.78, 5) is 12.7. The Kier molecular flexibility index (Phi) is 7.35. The summed E-state index contributed by atoms with van der Waals surface area (Å²) in [5.74, 6) is 3.02. The van der Waals surface area contributed by atoms with Crippen molar-refractivity contribution in [1.29, 1.82) is 0 Å². The second-order valence-electron chi connectivity index (χ2n) is 6.71. The fourth-order valence-electron chi connectivity index (χ4n) is 3.05. The highest BCUT2D eigenvalue weighted by atomic mass is 32.2. The molecule has 0 atom stereocenters. The fourth-order valence-corrected chi connectivity index (χ4v) is 4.57. The van der Waals surface area contributed by atoms with Gasteiger partial charge in [-0.25, -0.2) is 19.3 Å². The van der Waals surface area contributed by atoms with E-state index in [4.69, 9.17) is 9.47 Å². The van der Waals surface area contributed by atoms with E-state index in [-0.39, 0.29) is 0 Å². The van der Waals surface area contributed by atoms with Crippen LogP contribution in [0.5, 0.6) is 11.5 Å². The SMILES string of the molecule is CCc1csc(-c2nnc(NSCCc3ncc(F)cn3)n2-c2c(OC)cccc2OC)n1. The molecule has 0 amide bonds. The highest BCUT2D eigenvalue weighted by molar-refractivity contribution is 8.00. The van der Waals surface area contributed by atoms with Crippen LogP contribution in [0, 0.1) is 5.82 Å². The van der Waals surface area contributed by atoms with Gasteiger partial charge in [0.05, 0.1) is 32.3 Å². The number of hydrogen-bond donors (Lipinski definition) is 1. The van der Waals surface area contributed by atoms with E-state index in [1.54, 1.807) is 14.2 Å². The maximum atomic E-state index is 13.0. The maximum absolute atomic E-state index is 13.0. The Morgan fingerprint density at radius 2 is 1.85 bits per heavy atom. The Balaban J connectivity index is 1.66. The standard InChI is InChI=1S/C21H22FN7O2S2/c1-4-14-12-32-20(25-14)19-26-27-21(28-33-9-8-17-23-10-13(22)11-24-17)29(19)18-15(30-2)6-5-7-16(18)31-3/h5-7,10-12H,4,8-9H2,1-3H3,(H,27,28). The van der Waals surface area contributed by atoms with Gasteiger partial charge in [0.15, 0.2) is 16.6 Å². The molecule has 0 saturated carbocycles. The minimum atomic E-state index is -0.454. The van der Waals surface area contributed by atoms with Crippen molar-refractivity contribution in [2.24, 2.45) is 0 Å². The van der Waals surface area contributed by atoms with Crippen LogP contribution in [0.15, 0.2) is 36.0 Å². The molecular formula is C21H22FN7O2S2. The normalized spacial score (nSPS) is 10.9. The van der Waals surface area contributed by atoms with Crippen LogP contribution in [0.3, 0.4) is 0 Å². The number of benzene rings is 1. The molecule has 12 heteroatoms. The number of hydrogen-bond acceptors (Lipinski definition) is 10. The van der Waals surface area contributed by atoms with Gasteiger partial charge in [0, 0.05) is 17.6 Å². The van der Waals surface area contributed by atoms with E-state index >= 15 is 0 Å². The van der Waals surface area contributed by atoms with E-state index in [1.165, 1.54) is 23.3 Å². The Morgan fingerprint density at radius 1 is 1.12 bits per heavy atom. The van der Waals surface area contributed by atoms with Crippen molar-refractivity contribution in [2.45, 2.75) is 19.8 Å². The lowest BCUT2D eigenvalue weighted by molar-refractivity contribution is 0.391. The Morgan fingerprint density at radius 3 is 2.48 bits per heavy atom. The first kappa shape index (κ1) is 22.9. The van der Waals surface area contributed by atoms with E-state index in [0.29, 0.717) is 47.0 Å². The monoisotopic (exact) mass is 487 g/mol. The third-order valence-corrected chi connectivity index (χ3v) is 6.28. The van der Waals surface area contributed by atoms with Crippen molar-refractivity contribution in [3.63, 3.8) is 0 Å². The molecule has 0 aliphatic rings. The number of methoxy groups -OCH3 is 2. The minimum absolute atomic E-state index is 0.454. The van der Waals surface area contributed by atoms with Crippen molar-refractivity contribution in [3.05, 3.63) is 53.3 Å². The first-order valence-corrected chi connectivity index (χ1v) is 12.0. The van der Waals surface area contributed by atoms with Gasteiger partial charge in [-0.2, -0.15) is 0 Å². The Labute approximate surface area is 198 Å². The number of aryl methyl sites for hydroxylation is 2. The van der Waals surface area contributed by atoms with Gasteiger partial charge < -0.3 is 9.47 Å². The van der Waals surface area contributed by atoms with Crippen molar-refractivity contribution < 1.29 is 13.9 Å². The molecule has 3 heterocycles.